The molecule has 2 aromatic carbocycles. The Labute approximate surface area is 195 Å². The lowest BCUT2D eigenvalue weighted by Crippen LogP contribution is -2.29. The number of aryl methyl sites for hydroxylation is 4. The van der Waals surface area contributed by atoms with Crippen molar-refractivity contribution >= 4 is 33.3 Å². The normalized spacial score (nSPS) is 15.4. The zero-order valence-corrected chi connectivity index (χ0v) is 20.0. The molecular weight excluding hydrogens is 436 g/mol. The molecule has 1 aliphatic rings. The Morgan fingerprint density at radius 2 is 1.85 bits per heavy atom. The van der Waals surface area contributed by atoms with Crippen molar-refractivity contribution in [2.75, 3.05) is 11.5 Å². The van der Waals surface area contributed by atoms with Crippen LogP contribution < -0.4 is 15.1 Å². The van der Waals surface area contributed by atoms with Gasteiger partial charge in [-0.1, -0.05) is 12.1 Å². The number of aromatic nitrogens is 1. The van der Waals surface area contributed by atoms with Gasteiger partial charge in [-0.05, 0) is 75.6 Å². The van der Waals surface area contributed by atoms with Gasteiger partial charge in [-0.25, -0.2) is 4.98 Å². The number of ether oxygens (including phenoxy) is 1. The van der Waals surface area contributed by atoms with Gasteiger partial charge in [0, 0.05) is 4.88 Å². The Bertz CT molecular complexity index is 1460. The number of carbonyl (C=O) groups excluding carboxylic acids is 1. The van der Waals surface area contributed by atoms with Gasteiger partial charge in [0.25, 0.3) is 5.91 Å². The summed E-state index contributed by atoms with van der Waals surface area (Å²) in [6.07, 6.45) is 0. The van der Waals surface area contributed by atoms with Gasteiger partial charge in [-0.15, -0.1) is 11.3 Å². The average Bonchev–Trinajstić information content (AvgIpc) is 3.26. The lowest BCUT2D eigenvalue weighted by molar-refractivity contribution is 0.0971. The Hall–Kier alpha value is -3.45. The van der Waals surface area contributed by atoms with Crippen LogP contribution in [0.3, 0.4) is 0 Å². The Morgan fingerprint density at radius 1 is 1.09 bits per heavy atom. The van der Waals surface area contributed by atoms with E-state index in [9.17, 15) is 9.59 Å². The van der Waals surface area contributed by atoms with Crippen LogP contribution >= 0.6 is 11.3 Å². The second-order valence-corrected chi connectivity index (χ2v) is 9.51. The Balaban J connectivity index is 1.81. The first-order valence-corrected chi connectivity index (χ1v) is 11.7. The third-order valence-corrected chi connectivity index (χ3v) is 7.27. The van der Waals surface area contributed by atoms with Crippen molar-refractivity contribution < 1.29 is 13.9 Å². The fraction of sp³-hybridized carbons (Fsp3) is 0.269. The van der Waals surface area contributed by atoms with Crippen LogP contribution in [-0.4, -0.2) is 17.5 Å². The lowest BCUT2D eigenvalue weighted by atomic mass is 9.97. The predicted octanol–water partition coefficient (Wildman–Crippen LogP) is 5.63. The molecule has 1 amide bonds. The number of benzene rings is 2. The molecule has 0 fully saturated rings. The van der Waals surface area contributed by atoms with E-state index in [0.29, 0.717) is 34.0 Å². The number of carbonyl (C=O) groups is 1. The summed E-state index contributed by atoms with van der Waals surface area (Å²) in [7, 11) is 0. The van der Waals surface area contributed by atoms with Crippen LogP contribution in [-0.2, 0) is 0 Å². The lowest BCUT2D eigenvalue weighted by Gasteiger charge is -2.23. The van der Waals surface area contributed by atoms with E-state index in [4.69, 9.17) is 9.15 Å². The molecule has 1 aliphatic heterocycles. The van der Waals surface area contributed by atoms with Crippen molar-refractivity contribution in [2.24, 2.45) is 0 Å². The maximum atomic E-state index is 13.8. The van der Waals surface area contributed by atoms with Gasteiger partial charge < -0.3 is 9.15 Å². The first-order valence-electron chi connectivity index (χ1n) is 10.9. The molecule has 7 heteroatoms. The third kappa shape index (κ3) is 3.35. The highest BCUT2D eigenvalue weighted by Gasteiger charge is 2.45. The van der Waals surface area contributed by atoms with Gasteiger partial charge in [0.15, 0.2) is 10.6 Å². The van der Waals surface area contributed by atoms with E-state index >= 15 is 0 Å². The predicted molar refractivity (Wildman–Crippen MR) is 130 cm³/mol. The molecule has 2 aromatic heterocycles. The van der Waals surface area contributed by atoms with Gasteiger partial charge in [0.1, 0.15) is 11.3 Å². The first-order chi connectivity index (χ1) is 15.8. The van der Waals surface area contributed by atoms with Crippen molar-refractivity contribution in [3.63, 3.8) is 0 Å². The number of hydrogen-bond acceptors (Lipinski definition) is 6. The maximum Gasteiger partial charge on any atom is 0.297 e. The largest absolute Gasteiger partial charge is 0.494 e. The van der Waals surface area contributed by atoms with Gasteiger partial charge in [-0.3, -0.25) is 14.5 Å². The van der Waals surface area contributed by atoms with Gasteiger partial charge in [0.2, 0.25) is 5.76 Å². The molecule has 3 heterocycles. The highest BCUT2D eigenvalue weighted by Crippen LogP contribution is 2.43. The van der Waals surface area contributed by atoms with Crippen LogP contribution in [0.1, 0.15) is 56.3 Å². The molecule has 1 atom stereocenters. The van der Waals surface area contributed by atoms with Crippen LogP contribution in [0.2, 0.25) is 0 Å². The van der Waals surface area contributed by atoms with E-state index in [1.807, 2.05) is 71.0 Å². The fourth-order valence-electron chi connectivity index (χ4n) is 4.24. The smallest absolute Gasteiger partial charge is 0.297 e. The SMILES string of the molecule is CCOc1cccc([C@H]2c3c(oc4cc(C)c(C)cc4c3=O)C(=O)N2c2nc(C)c(C)s2)c1. The van der Waals surface area contributed by atoms with E-state index in [-0.39, 0.29) is 17.1 Å². The van der Waals surface area contributed by atoms with E-state index in [0.717, 1.165) is 27.3 Å². The Morgan fingerprint density at radius 3 is 2.55 bits per heavy atom. The monoisotopic (exact) mass is 460 g/mol. The first kappa shape index (κ1) is 21.4. The molecule has 0 unspecified atom stereocenters. The molecule has 0 N–H and O–H groups in total. The molecule has 0 spiro atoms. The minimum atomic E-state index is -0.653. The quantitative estimate of drug-likeness (QED) is 0.395. The summed E-state index contributed by atoms with van der Waals surface area (Å²) in [6.45, 7) is 10.2. The highest BCUT2D eigenvalue weighted by atomic mass is 32.1. The molecule has 0 bridgehead atoms. The molecule has 5 rings (SSSR count). The van der Waals surface area contributed by atoms with Crippen molar-refractivity contribution in [3.05, 3.63) is 85.2 Å². The van der Waals surface area contributed by atoms with E-state index in [2.05, 4.69) is 4.98 Å². The van der Waals surface area contributed by atoms with Crippen molar-refractivity contribution in [1.82, 2.24) is 4.98 Å². The molecule has 0 saturated carbocycles. The summed E-state index contributed by atoms with van der Waals surface area (Å²) in [5, 5.41) is 1.02. The second-order valence-electron chi connectivity index (χ2n) is 8.33. The number of hydrogen-bond donors (Lipinski definition) is 0. The van der Waals surface area contributed by atoms with Gasteiger partial charge in [0.05, 0.1) is 29.3 Å². The minimum absolute atomic E-state index is 0.0769. The van der Waals surface area contributed by atoms with Crippen LogP contribution in [0.25, 0.3) is 11.0 Å². The van der Waals surface area contributed by atoms with Gasteiger partial charge in [-0.2, -0.15) is 0 Å². The molecule has 0 aliphatic carbocycles. The Kier molecular flexibility index (Phi) is 5.09. The van der Waals surface area contributed by atoms with Crippen molar-refractivity contribution in [2.45, 2.75) is 40.7 Å². The van der Waals surface area contributed by atoms with Crippen LogP contribution in [0.15, 0.2) is 45.6 Å². The zero-order valence-electron chi connectivity index (χ0n) is 19.2. The summed E-state index contributed by atoms with van der Waals surface area (Å²) in [5.41, 5.74) is 4.20. The molecular formula is C26H24N2O4S. The van der Waals surface area contributed by atoms with Crippen LogP contribution in [0.5, 0.6) is 5.75 Å². The zero-order chi connectivity index (χ0) is 23.4. The van der Waals surface area contributed by atoms with Crippen LogP contribution in [0, 0.1) is 27.7 Å². The number of thiazole rings is 1. The van der Waals surface area contributed by atoms with Crippen molar-refractivity contribution in [3.8, 4) is 5.75 Å². The maximum absolute atomic E-state index is 13.8. The van der Waals surface area contributed by atoms with Gasteiger partial charge >= 0.3 is 0 Å². The summed E-state index contributed by atoms with van der Waals surface area (Å²) >= 11 is 1.43. The topological polar surface area (TPSA) is 72.6 Å². The molecule has 33 heavy (non-hydrogen) atoms. The van der Waals surface area contributed by atoms with Crippen LogP contribution in [0.4, 0.5) is 5.13 Å². The molecule has 0 radical (unpaired) electrons. The number of rotatable bonds is 4. The fourth-order valence-corrected chi connectivity index (χ4v) is 5.18. The summed E-state index contributed by atoms with van der Waals surface area (Å²) in [6, 6.07) is 10.5. The molecule has 6 nitrogen and oxygen atoms in total. The highest BCUT2D eigenvalue weighted by molar-refractivity contribution is 7.15. The summed E-state index contributed by atoms with van der Waals surface area (Å²) in [4.78, 5) is 34.7. The minimum Gasteiger partial charge on any atom is -0.494 e. The van der Waals surface area contributed by atoms with E-state index < -0.39 is 6.04 Å². The standard InChI is InChI=1S/C26H24N2O4S/c1-6-31-18-9-7-8-17(12-18)22-21-23(29)19-10-13(2)14(3)11-20(19)32-24(21)25(30)28(22)26-27-15(4)16(5)33-26/h7-12,22H,6H2,1-5H3/t22-/m0/s1. The number of fused-ring (bicyclic) bond motifs is 2. The van der Waals surface area contributed by atoms with Crippen molar-refractivity contribution in [1.29, 1.82) is 0 Å². The number of nitrogens with zero attached hydrogens (tertiary/aromatic N) is 2. The summed E-state index contributed by atoms with van der Waals surface area (Å²) < 4.78 is 11.8. The third-order valence-electron chi connectivity index (χ3n) is 6.19. The number of anilines is 1. The molecule has 0 saturated heterocycles. The average molecular weight is 461 g/mol. The second kappa shape index (κ2) is 7.85. The molecule has 168 valence electrons. The summed E-state index contributed by atoms with van der Waals surface area (Å²) in [5.74, 6) is 0.398. The number of amides is 1. The van der Waals surface area contributed by atoms with E-state index in [1.165, 1.54) is 11.3 Å². The molecule has 4 aromatic rings. The van der Waals surface area contributed by atoms with E-state index in [1.54, 1.807) is 4.90 Å².